The first kappa shape index (κ1) is 15.7. The van der Waals surface area contributed by atoms with Crippen LogP contribution < -0.4 is 10.6 Å². The summed E-state index contributed by atoms with van der Waals surface area (Å²) in [5.41, 5.74) is 2.05. The molecule has 2 aromatic rings. The summed E-state index contributed by atoms with van der Waals surface area (Å²) in [6, 6.07) is 0.307. The quantitative estimate of drug-likeness (QED) is 0.857. The predicted octanol–water partition coefficient (Wildman–Crippen LogP) is 2.13. The minimum absolute atomic E-state index is 0.0833. The van der Waals surface area contributed by atoms with Crippen molar-refractivity contribution in [2.24, 2.45) is 0 Å². The van der Waals surface area contributed by atoms with Crippen molar-refractivity contribution in [2.45, 2.75) is 39.8 Å². The van der Waals surface area contributed by atoms with E-state index in [-0.39, 0.29) is 24.5 Å². The molecule has 0 spiro atoms. The average Bonchev–Trinajstić information content (AvgIpc) is 3.04. The van der Waals surface area contributed by atoms with Gasteiger partial charge in [-0.1, -0.05) is 0 Å². The number of nitrogens with one attached hydrogen (secondary N) is 2. The monoisotopic (exact) mass is 307 g/mol. The lowest BCUT2D eigenvalue weighted by Gasteiger charge is -2.21. The highest BCUT2D eigenvalue weighted by Crippen LogP contribution is 2.14. The highest BCUT2D eigenvalue weighted by atomic mass is 32.1. The molecule has 0 fully saturated rings. The van der Waals surface area contributed by atoms with E-state index in [9.17, 15) is 4.79 Å². The molecule has 2 heterocycles. The molecule has 0 aliphatic heterocycles. The third-order valence-corrected chi connectivity index (χ3v) is 4.20. The van der Waals surface area contributed by atoms with Crippen LogP contribution in [0.25, 0.3) is 0 Å². The van der Waals surface area contributed by atoms with Gasteiger partial charge < -0.3 is 10.6 Å². The van der Waals surface area contributed by atoms with Crippen molar-refractivity contribution in [1.82, 2.24) is 20.1 Å². The van der Waals surface area contributed by atoms with Gasteiger partial charge >= 0.3 is 0 Å². The Bertz CT molecular complexity index is 606. The maximum Gasteiger partial charge on any atom is 0.240 e. The van der Waals surface area contributed by atoms with Crippen molar-refractivity contribution in [2.75, 3.05) is 11.9 Å². The zero-order chi connectivity index (χ0) is 15.4. The standard InChI is InChI=1S/C14H21N5OS/c1-9-5-16-19(7-9)12(4)11(3)15-6-13(20)18-14-17-10(2)8-21-14/h5,7-8,11-12,15H,6H2,1-4H3,(H,17,18,20)/t11-,12-/m0/s1. The zero-order valence-electron chi connectivity index (χ0n) is 12.8. The molecule has 2 N–H and O–H groups in total. The Morgan fingerprint density at radius 2 is 2.19 bits per heavy atom. The summed E-state index contributed by atoms with van der Waals surface area (Å²) in [6.07, 6.45) is 3.84. The van der Waals surface area contributed by atoms with Gasteiger partial charge in [0.25, 0.3) is 0 Å². The Morgan fingerprint density at radius 1 is 1.43 bits per heavy atom. The van der Waals surface area contributed by atoms with Crippen molar-refractivity contribution in [1.29, 1.82) is 0 Å². The van der Waals surface area contributed by atoms with Crippen molar-refractivity contribution >= 4 is 22.4 Å². The van der Waals surface area contributed by atoms with Crippen molar-refractivity contribution < 1.29 is 4.79 Å². The maximum absolute atomic E-state index is 11.9. The third-order valence-electron chi connectivity index (χ3n) is 3.32. The summed E-state index contributed by atoms with van der Waals surface area (Å²) in [7, 11) is 0. The lowest BCUT2D eigenvalue weighted by molar-refractivity contribution is -0.115. The number of amides is 1. The number of thiazole rings is 1. The average molecular weight is 307 g/mol. The van der Waals surface area contributed by atoms with Crippen LogP contribution in [0.4, 0.5) is 5.13 Å². The summed E-state index contributed by atoms with van der Waals surface area (Å²) in [5.74, 6) is -0.0833. The van der Waals surface area contributed by atoms with Crippen LogP contribution in [0.1, 0.15) is 31.1 Å². The number of carbonyl (C=O) groups is 1. The molecule has 6 nitrogen and oxygen atoms in total. The molecule has 114 valence electrons. The van der Waals surface area contributed by atoms with Crippen molar-refractivity contribution in [3.8, 4) is 0 Å². The van der Waals surface area contributed by atoms with E-state index in [1.54, 1.807) is 0 Å². The lowest BCUT2D eigenvalue weighted by atomic mass is 10.2. The van der Waals surface area contributed by atoms with Crippen LogP contribution in [0.15, 0.2) is 17.8 Å². The number of nitrogens with zero attached hydrogens (tertiary/aromatic N) is 3. The maximum atomic E-state index is 11.9. The lowest BCUT2D eigenvalue weighted by Crippen LogP contribution is -2.39. The second kappa shape index (κ2) is 6.82. The molecule has 0 saturated carbocycles. The Labute approximate surface area is 128 Å². The summed E-state index contributed by atoms with van der Waals surface area (Å²) in [5, 5.41) is 12.9. The molecule has 0 aliphatic carbocycles. The van der Waals surface area contributed by atoms with E-state index >= 15 is 0 Å². The Kier molecular flexibility index (Phi) is 5.08. The topological polar surface area (TPSA) is 71.8 Å². The van der Waals surface area contributed by atoms with Crippen molar-refractivity contribution in [3.63, 3.8) is 0 Å². The molecule has 0 radical (unpaired) electrons. The molecule has 0 unspecified atom stereocenters. The Hall–Kier alpha value is -1.73. The smallest absolute Gasteiger partial charge is 0.240 e. The van der Waals surface area contributed by atoms with Crippen LogP contribution in [0.2, 0.25) is 0 Å². The number of anilines is 1. The van der Waals surface area contributed by atoms with Crippen LogP contribution in [-0.2, 0) is 4.79 Å². The molecule has 2 aromatic heterocycles. The van der Waals surface area contributed by atoms with Gasteiger partial charge in [0, 0.05) is 17.6 Å². The Morgan fingerprint density at radius 3 is 2.76 bits per heavy atom. The summed E-state index contributed by atoms with van der Waals surface area (Å²) in [4.78, 5) is 16.1. The fourth-order valence-electron chi connectivity index (χ4n) is 1.88. The van der Waals surface area contributed by atoms with Gasteiger partial charge in [-0.05, 0) is 33.3 Å². The molecule has 7 heteroatoms. The first-order chi connectivity index (χ1) is 9.95. The van der Waals surface area contributed by atoms with Crippen LogP contribution in [-0.4, -0.2) is 33.3 Å². The van der Waals surface area contributed by atoms with E-state index in [4.69, 9.17) is 0 Å². The number of hydrogen-bond donors (Lipinski definition) is 2. The van der Waals surface area contributed by atoms with Crippen LogP contribution in [0, 0.1) is 13.8 Å². The fourth-order valence-corrected chi connectivity index (χ4v) is 2.59. The van der Waals surface area contributed by atoms with Gasteiger partial charge in [-0.3, -0.25) is 9.48 Å². The van der Waals surface area contributed by atoms with Gasteiger partial charge in [0.1, 0.15) is 0 Å². The van der Waals surface area contributed by atoms with E-state index < -0.39 is 0 Å². The first-order valence-electron chi connectivity index (χ1n) is 6.92. The predicted molar refractivity (Wildman–Crippen MR) is 84.6 cm³/mol. The molecule has 0 aromatic carbocycles. The van der Waals surface area contributed by atoms with E-state index in [1.165, 1.54) is 11.3 Å². The molecule has 0 bridgehead atoms. The second-order valence-corrected chi connectivity index (χ2v) is 6.11. The summed E-state index contributed by atoms with van der Waals surface area (Å²) >= 11 is 1.43. The van der Waals surface area contributed by atoms with Crippen LogP contribution in [0.3, 0.4) is 0 Å². The third kappa shape index (κ3) is 4.37. The zero-order valence-corrected chi connectivity index (χ0v) is 13.6. The van der Waals surface area contributed by atoms with Gasteiger partial charge in [-0.2, -0.15) is 5.10 Å². The second-order valence-electron chi connectivity index (χ2n) is 5.25. The Balaban J connectivity index is 1.80. The van der Waals surface area contributed by atoms with E-state index in [1.807, 2.05) is 43.2 Å². The van der Waals surface area contributed by atoms with Crippen molar-refractivity contribution in [3.05, 3.63) is 29.0 Å². The van der Waals surface area contributed by atoms with E-state index in [0.29, 0.717) is 5.13 Å². The van der Waals surface area contributed by atoms with Crippen LogP contribution in [0.5, 0.6) is 0 Å². The fraction of sp³-hybridized carbons (Fsp3) is 0.500. The van der Waals surface area contributed by atoms with Gasteiger partial charge in [0.05, 0.1) is 24.5 Å². The largest absolute Gasteiger partial charge is 0.304 e. The van der Waals surface area contributed by atoms with Gasteiger partial charge in [-0.25, -0.2) is 4.98 Å². The number of aromatic nitrogens is 3. The summed E-state index contributed by atoms with van der Waals surface area (Å²) < 4.78 is 1.91. The molecule has 2 rings (SSSR count). The molecular formula is C14H21N5OS. The normalized spacial score (nSPS) is 13.9. The van der Waals surface area contributed by atoms with Gasteiger partial charge in [-0.15, -0.1) is 11.3 Å². The molecule has 1 amide bonds. The highest BCUT2D eigenvalue weighted by Gasteiger charge is 2.15. The number of carbonyl (C=O) groups excluding carboxylic acids is 1. The van der Waals surface area contributed by atoms with E-state index in [0.717, 1.165) is 11.3 Å². The molecule has 0 aliphatic rings. The minimum atomic E-state index is -0.0833. The van der Waals surface area contributed by atoms with Gasteiger partial charge in [0.2, 0.25) is 5.91 Å². The van der Waals surface area contributed by atoms with Crippen LogP contribution >= 0.6 is 11.3 Å². The number of hydrogen-bond acceptors (Lipinski definition) is 5. The van der Waals surface area contributed by atoms with E-state index in [2.05, 4.69) is 27.6 Å². The SMILES string of the molecule is Cc1cnn([C@@H](C)[C@H](C)NCC(=O)Nc2nc(C)cs2)c1. The first-order valence-corrected chi connectivity index (χ1v) is 7.80. The highest BCUT2D eigenvalue weighted by molar-refractivity contribution is 7.13. The molecule has 2 atom stereocenters. The number of aryl methyl sites for hydroxylation is 2. The van der Waals surface area contributed by atoms with Gasteiger partial charge in [0.15, 0.2) is 5.13 Å². The summed E-state index contributed by atoms with van der Waals surface area (Å²) in [6.45, 7) is 8.29. The molecular weight excluding hydrogens is 286 g/mol. The molecule has 21 heavy (non-hydrogen) atoms. The number of rotatable bonds is 6. The minimum Gasteiger partial charge on any atom is -0.304 e. The molecule has 0 saturated heterocycles.